The van der Waals surface area contributed by atoms with Gasteiger partial charge in [0.05, 0.1) is 6.10 Å². The maximum atomic E-state index is 12.6. The quantitative estimate of drug-likeness (QED) is 0.528. The Bertz CT molecular complexity index is 639. The summed E-state index contributed by atoms with van der Waals surface area (Å²) in [6, 6.07) is 16.8. The molecule has 2 nitrogen and oxygen atoms in total. The largest absolute Gasteiger partial charge is 0.490 e. The van der Waals surface area contributed by atoms with E-state index < -0.39 is 0 Å². The molecule has 27 heavy (non-hydrogen) atoms. The lowest BCUT2D eigenvalue weighted by atomic mass is 10.1. The molecule has 1 unspecified atom stereocenters. The molecule has 0 aliphatic carbocycles. The van der Waals surface area contributed by atoms with E-state index in [1.54, 1.807) is 12.1 Å². The highest BCUT2D eigenvalue weighted by Crippen LogP contribution is 2.18. The second-order valence-electron chi connectivity index (χ2n) is 6.57. The Morgan fingerprint density at radius 3 is 2.22 bits per heavy atom. The molecule has 1 fully saturated rings. The summed E-state index contributed by atoms with van der Waals surface area (Å²) in [5.74, 6) is 0.474. The van der Waals surface area contributed by atoms with Crippen LogP contribution < -0.4 is 9.64 Å². The Balaban J connectivity index is 0.000000262. The van der Waals surface area contributed by atoms with Crippen molar-refractivity contribution in [1.29, 1.82) is 0 Å². The van der Waals surface area contributed by atoms with Gasteiger partial charge in [0.2, 0.25) is 0 Å². The monoisotopic (exact) mass is 391 g/mol. The molecule has 0 amide bonds. The van der Waals surface area contributed by atoms with E-state index in [-0.39, 0.29) is 24.3 Å². The highest BCUT2D eigenvalue weighted by atomic mass is 35.5. The Labute approximate surface area is 169 Å². The molecule has 148 valence electrons. The lowest BCUT2D eigenvalue weighted by molar-refractivity contribution is 0.225. The lowest BCUT2D eigenvalue weighted by Gasteiger charge is -2.28. The predicted molar refractivity (Wildman–Crippen MR) is 116 cm³/mol. The SMILES string of the molecule is CC=CCC(C)Oc1ccc(F)cc1.Cl.c1ccc(N2CCCCC2)cc1. The van der Waals surface area contributed by atoms with Crippen LogP contribution in [0.25, 0.3) is 0 Å². The fourth-order valence-electron chi connectivity index (χ4n) is 2.91. The summed E-state index contributed by atoms with van der Waals surface area (Å²) in [6.07, 6.45) is 9.15. The number of hydrogen-bond donors (Lipinski definition) is 0. The van der Waals surface area contributed by atoms with E-state index in [4.69, 9.17) is 4.74 Å². The Hall–Kier alpha value is -2.00. The van der Waals surface area contributed by atoms with Crippen LogP contribution in [-0.4, -0.2) is 19.2 Å². The maximum absolute atomic E-state index is 12.6. The van der Waals surface area contributed by atoms with E-state index in [2.05, 4.69) is 35.2 Å². The van der Waals surface area contributed by atoms with Gasteiger partial charge in [-0.15, -0.1) is 12.4 Å². The minimum atomic E-state index is -0.238. The molecule has 3 rings (SSSR count). The van der Waals surface area contributed by atoms with Gasteiger partial charge in [-0.25, -0.2) is 4.39 Å². The van der Waals surface area contributed by atoms with Crippen molar-refractivity contribution in [2.45, 2.75) is 45.6 Å². The molecule has 0 N–H and O–H groups in total. The van der Waals surface area contributed by atoms with Crippen molar-refractivity contribution in [3.05, 3.63) is 72.6 Å². The average molecular weight is 392 g/mol. The third-order valence-electron chi connectivity index (χ3n) is 4.33. The zero-order valence-corrected chi connectivity index (χ0v) is 17.1. The number of allylic oxidation sites excluding steroid dienone is 1. The van der Waals surface area contributed by atoms with E-state index in [0.29, 0.717) is 5.75 Å². The van der Waals surface area contributed by atoms with Crippen molar-refractivity contribution >= 4 is 18.1 Å². The molecule has 2 aromatic carbocycles. The van der Waals surface area contributed by atoms with Crippen LogP contribution in [0.2, 0.25) is 0 Å². The van der Waals surface area contributed by atoms with Crippen LogP contribution in [-0.2, 0) is 0 Å². The van der Waals surface area contributed by atoms with Gasteiger partial charge in [-0.1, -0.05) is 30.4 Å². The second-order valence-corrected chi connectivity index (χ2v) is 6.57. The molecule has 1 aliphatic rings. The molecule has 0 radical (unpaired) electrons. The van der Waals surface area contributed by atoms with E-state index in [9.17, 15) is 4.39 Å². The number of benzene rings is 2. The van der Waals surface area contributed by atoms with Gasteiger partial charge in [-0.05, 0) is 69.5 Å². The van der Waals surface area contributed by atoms with Crippen molar-refractivity contribution < 1.29 is 9.13 Å². The summed E-state index contributed by atoms with van der Waals surface area (Å²) < 4.78 is 18.1. The summed E-state index contributed by atoms with van der Waals surface area (Å²) in [5.41, 5.74) is 1.39. The van der Waals surface area contributed by atoms with Crippen molar-refractivity contribution in [3.63, 3.8) is 0 Å². The average Bonchev–Trinajstić information content (AvgIpc) is 2.70. The van der Waals surface area contributed by atoms with Gasteiger partial charge in [-0.3, -0.25) is 0 Å². The number of hydrogen-bond acceptors (Lipinski definition) is 2. The van der Waals surface area contributed by atoms with Crippen LogP contribution in [0.3, 0.4) is 0 Å². The molecule has 0 spiro atoms. The first-order valence-electron chi connectivity index (χ1n) is 9.52. The zero-order valence-electron chi connectivity index (χ0n) is 16.3. The van der Waals surface area contributed by atoms with Crippen LogP contribution in [0.4, 0.5) is 10.1 Å². The van der Waals surface area contributed by atoms with Crippen LogP contribution >= 0.6 is 12.4 Å². The van der Waals surface area contributed by atoms with Gasteiger partial charge in [0.1, 0.15) is 11.6 Å². The molecule has 0 bridgehead atoms. The van der Waals surface area contributed by atoms with E-state index in [0.717, 1.165) is 6.42 Å². The normalized spacial score (nSPS) is 14.7. The van der Waals surface area contributed by atoms with Crippen LogP contribution in [0, 0.1) is 5.82 Å². The van der Waals surface area contributed by atoms with Crippen LogP contribution in [0.15, 0.2) is 66.7 Å². The molecule has 1 heterocycles. The molecule has 4 heteroatoms. The first-order chi connectivity index (χ1) is 12.7. The Morgan fingerprint density at radius 1 is 1.00 bits per heavy atom. The molecule has 0 saturated carbocycles. The first-order valence-corrected chi connectivity index (χ1v) is 9.52. The molecule has 2 aromatic rings. The molecule has 1 aliphatic heterocycles. The van der Waals surface area contributed by atoms with Crippen LogP contribution in [0.5, 0.6) is 5.75 Å². The van der Waals surface area contributed by atoms with Crippen molar-refractivity contribution in [3.8, 4) is 5.75 Å². The van der Waals surface area contributed by atoms with E-state index in [1.807, 2.05) is 26.0 Å². The van der Waals surface area contributed by atoms with Gasteiger partial charge < -0.3 is 9.64 Å². The number of piperidine rings is 1. The first kappa shape index (κ1) is 23.0. The molecule has 1 saturated heterocycles. The third-order valence-corrected chi connectivity index (χ3v) is 4.33. The van der Waals surface area contributed by atoms with Gasteiger partial charge >= 0.3 is 0 Å². The van der Waals surface area contributed by atoms with Gasteiger partial charge in [0.15, 0.2) is 0 Å². The number of nitrogens with zero attached hydrogens (tertiary/aromatic N) is 1. The number of rotatable bonds is 5. The second kappa shape index (κ2) is 13.2. The molecule has 1 atom stereocenters. The van der Waals surface area contributed by atoms with Crippen molar-refractivity contribution in [2.75, 3.05) is 18.0 Å². The maximum Gasteiger partial charge on any atom is 0.123 e. The summed E-state index contributed by atoms with van der Waals surface area (Å²) in [7, 11) is 0. The predicted octanol–water partition coefficient (Wildman–Crippen LogP) is 6.66. The zero-order chi connectivity index (χ0) is 18.6. The van der Waals surface area contributed by atoms with E-state index in [1.165, 1.54) is 50.2 Å². The number of ether oxygens (including phenoxy) is 1. The minimum Gasteiger partial charge on any atom is -0.490 e. The summed E-state index contributed by atoms with van der Waals surface area (Å²) in [4.78, 5) is 2.48. The molecular formula is C23H31ClFNO. The molecular weight excluding hydrogens is 361 g/mol. The number of para-hydroxylation sites is 1. The van der Waals surface area contributed by atoms with E-state index >= 15 is 0 Å². The molecule has 0 aromatic heterocycles. The Morgan fingerprint density at radius 2 is 1.63 bits per heavy atom. The summed E-state index contributed by atoms with van der Waals surface area (Å²) in [6.45, 7) is 6.45. The Kier molecular flexibility index (Phi) is 11.3. The summed E-state index contributed by atoms with van der Waals surface area (Å²) >= 11 is 0. The lowest BCUT2D eigenvalue weighted by Crippen LogP contribution is -2.29. The number of halogens is 2. The smallest absolute Gasteiger partial charge is 0.123 e. The fraction of sp³-hybridized carbons (Fsp3) is 0.391. The van der Waals surface area contributed by atoms with Gasteiger partial charge in [0, 0.05) is 25.2 Å². The van der Waals surface area contributed by atoms with Crippen molar-refractivity contribution in [2.24, 2.45) is 0 Å². The van der Waals surface area contributed by atoms with Gasteiger partial charge in [0.25, 0.3) is 0 Å². The standard InChI is InChI=1S/C12H15FO.C11H15N.ClH/c1-3-4-5-10(2)14-12-8-6-11(13)7-9-12;1-3-7-11(8-4-1)12-9-5-2-6-10-12;/h3-4,6-10H,5H2,1-2H3;1,3-4,7-8H,2,5-6,9-10H2;1H. The minimum absolute atomic E-state index is 0. The number of anilines is 1. The topological polar surface area (TPSA) is 12.5 Å². The van der Waals surface area contributed by atoms with Gasteiger partial charge in [-0.2, -0.15) is 0 Å². The van der Waals surface area contributed by atoms with Crippen LogP contribution in [0.1, 0.15) is 39.5 Å². The third kappa shape index (κ3) is 8.96. The summed E-state index contributed by atoms with van der Waals surface area (Å²) in [5, 5.41) is 0. The highest BCUT2D eigenvalue weighted by Gasteiger charge is 2.09. The van der Waals surface area contributed by atoms with Crippen molar-refractivity contribution in [1.82, 2.24) is 0 Å². The highest BCUT2D eigenvalue weighted by molar-refractivity contribution is 5.85. The fourth-order valence-corrected chi connectivity index (χ4v) is 2.91.